The van der Waals surface area contributed by atoms with Gasteiger partial charge in [-0.25, -0.2) is 0 Å². The molecule has 0 aromatic heterocycles. The van der Waals surface area contributed by atoms with Crippen LogP contribution >= 0.6 is 0 Å². The predicted molar refractivity (Wildman–Crippen MR) is 353 cm³/mol. The van der Waals surface area contributed by atoms with Crippen LogP contribution in [0.5, 0.6) is 0 Å². The molecule has 0 heterocycles. The van der Waals surface area contributed by atoms with Crippen molar-refractivity contribution < 1.29 is 28.6 Å². The number of esters is 3. The normalized spacial score (nSPS) is 12.1. The molecule has 0 saturated heterocycles. The Morgan fingerprint density at radius 2 is 0.407 bits per heavy atom. The molecule has 0 saturated carbocycles. The Balaban J connectivity index is 4.20. The maximum absolute atomic E-state index is 13.0. The number of carbonyl (C=O) groups is 3. The first-order chi connectivity index (χ1) is 40.0. The predicted octanol–water partition coefficient (Wildman–Crippen LogP) is 25.3. The van der Waals surface area contributed by atoms with Crippen LogP contribution < -0.4 is 0 Å². The Morgan fingerprint density at radius 3 is 0.617 bits per heavy atom. The second-order valence-corrected chi connectivity index (χ2v) is 25.2. The van der Waals surface area contributed by atoms with Crippen molar-refractivity contribution in [2.24, 2.45) is 0 Å². The van der Waals surface area contributed by atoms with E-state index in [4.69, 9.17) is 14.2 Å². The van der Waals surface area contributed by atoms with Crippen LogP contribution in [0.3, 0.4) is 0 Å². The van der Waals surface area contributed by atoms with Gasteiger partial charge in [0.1, 0.15) is 13.2 Å². The monoisotopic (exact) mass is 1140 g/mol. The molecule has 81 heavy (non-hydrogen) atoms. The molecular weight excluding hydrogens is 997 g/mol. The van der Waals surface area contributed by atoms with Gasteiger partial charge in [0.05, 0.1) is 0 Å². The van der Waals surface area contributed by atoms with Crippen LogP contribution in [0, 0.1) is 0 Å². The fourth-order valence-corrected chi connectivity index (χ4v) is 11.4. The Hall–Kier alpha value is -2.11. The summed E-state index contributed by atoms with van der Waals surface area (Å²) in [5, 5.41) is 0. The number of unbranched alkanes of at least 4 members (excludes halogenated alkanes) is 54. The Bertz CT molecular complexity index is 1310. The van der Waals surface area contributed by atoms with Crippen molar-refractivity contribution in [1.29, 1.82) is 0 Å². The van der Waals surface area contributed by atoms with E-state index in [2.05, 4.69) is 45.1 Å². The van der Waals surface area contributed by atoms with Crippen molar-refractivity contribution in [1.82, 2.24) is 0 Å². The summed E-state index contributed by atoms with van der Waals surface area (Å²) >= 11 is 0. The van der Waals surface area contributed by atoms with E-state index < -0.39 is 6.10 Å². The van der Waals surface area contributed by atoms with E-state index in [1.54, 1.807) is 0 Å². The van der Waals surface area contributed by atoms with Crippen molar-refractivity contribution >= 4 is 17.9 Å². The van der Waals surface area contributed by atoms with E-state index in [1.165, 1.54) is 321 Å². The maximum Gasteiger partial charge on any atom is 0.306 e. The molecule has 0 aromatic carbocycles. The number of allylic oxidation sites excluding steroid dienone is 4. The molecule has 0 aliphatic heterocycles. The molecule has 0 aromatic rings. The van der Waals surface area contributed by atoms with Gasteiger partial charge in [-0.05, 0) is 70.6 Å². The minimum absolute atomic E-state index is 0.0653. The van der Waals surface area contributed by atoms with E-state index in [0.29, 0.717) is 19.3 Å². The van der Waals surface area contributed by atoms with Gasteiger partial charge in [0.15, 0.2) is 6.10 Å². The third-order valence-electron chi connectivity index (χ3n) is 16.9. The molecule has 0 bridgehead atoms. The minimum atomic E-state index is -0.769. The quantitative estimate of drug-likeness (QED) is 0.0261. The zero-order valence-electron chi connectivity index (χ0n) is 55.1. The molecule has 0 aliphatic carbocycles. The van der Waals surface area contributed by atoms with E-state index in [0.717, 1.165) is 57.8 Å². The van der Waals surface area contributed by atoms with Crippen LogP contribution in [0.2, 0.25) is 0 Å². The summed E-state index contributed by atoms with van der Waals surface area (Å²) < 4.78 is 17.0. The van der Waals surface area contributed by atoms with Gasteiger partial charge >= 0.3 is 17.9 Å². The van der Waals surface area contributed by atoms with Gasteiger partial charge in [-0.3, -0.25) is 14.4 Å². The summed E-state index contributed by atoms with van der Waals surface area (Å²) in [6, 6.07) is 0. The summed E-state index contributed by atoms with van der Waals surface area (Å²) in [6.45, 7) is 6.72. The van der Waals surface area contributed by atoms with E-state index in [-0.39, 0.29) is 31.1 Å². The van der Waals surface area contributed by atoms with Gasteiger partial charge in [-0.1, -0.05) is 353 Å². The van der Waals surface area contributed by atoms with Crippen molar-refractivity contribution in [2.75, 3.05) is 13.2 Å². The van der Waals surface area contributed by atoms with Crippen molar-refractivity contribution in [3.8, 4) is 0 Å². The fraction of sp³-hybridized carbons (Fsp3) is 0.907. The minimum Gasteiger partial charge on any atom is -0.462 e. The topological polar surface area (TPSA) is 78.9 Å². The standard InChI is InChI=1S/C75H142O6/c1-4-7-10-13-16-19-22-25-28-30-32-33-34-35-36-37-38-39-40-41-43-44-47-50-53-56-59-62-65-68-74(77)80-71-72(70-79-73(76)67-64-61-58-55-52-49-46-27-24-21-18-15-12-9-6-3)81-75(78)69-66-63-60-57-54-51-48-45-42-31-29-26-23-20-17-14-11-8-5-2/h26,29-30,32,72H,4-25,27-28,31,33-71H2,1-3H3/b29-26-,32-30-. The number of rotatable bonds is 69. The van der Waals surface area contributed by atoms with Gasteiger partial charge in [0.25, 0.3) is 0 Å². The maximum atomic E-state index is 13.0. The van der Waals surface area contributed by atoms with Gasteiger partial charge in [0.2, 0.25) is 0 Å². The third-order valence-corrected chi connectivity index (χ3v) is 16.9. The van der Waals surface area contributed by atoms with Crippen molar-refractivity contribution in [3.63, 3.8) is 0 Å². The summed E-state index contributed by atoms with van der Waals surface area (Å²) in [5.74, 6) is -0.833. The lowest BCUT2D eigenvalue weighted by Crippen LogP contribution is -2.30. The first-order valence-corrected chi connectivity index (χ1v) is 36.8. The third kappa shape index (κ3) is 68.6. The van der Waals surface area contributed by atoms with Gasteiger partial charge in [0, 0.05) is 19.3 Å². The molecule has 0 fully saturated rings. The zero-order valence-corrected chi connectivity index (χ0v) is 55.1. The molecule has 6 nitrogen and oxygen atoms in total. The second-order valence-electron chi connectivity index (χ2n) is 25.2. The number of ether oxygens (including phenoxy) is 3. The SMILES string of the molecule is CCCCCCCC/C=C\CCCCCCCCCCCC(=O)OC(COC(=O)CCCCCCCCCCCCCCCCC)COC(=O)CCCCCCCCCCCCCCCCCCC/C=C\CCCCCCCCCC. The van der Waals surface area contributed by atoms with E-state index in [1.807, 2.05) is 0 Å². The zero-order chi connectivity index (χ0) is 58.5. The highest BCUT2D eigenvalue weighted by molar-refractivity contribution is 5.71. The van der Waals surface area contributed by atoms with Gasteiger partial charge in [-0.2, -0.15) is 0 Å². The van der Waals surface area contributed by atoms with Crippen LogP contribution in [-0.2, 0) is 28.6 Å². The van der Waals surface area contributed by atoms with Gasteiger partial charge in [-0.15, -0.1) is 0 Å². The molecule has 0 rings (SSSR count). The summed E-state index contributed by atoms with van der Waals surface area (Å²) in [6.07, 6.45) is 86.5. The lowest BCUT2D eigenvalue weighted by Gasteiger charge is -2.18. The molecule has 0 radical (unpaired) electrons. The first kappa shape index (κ1) is 78.9. The average molecular weight is 1140 g/mol. The van der Waals surface area contributed by atoms with Gasteiger partial charge < -0.3 is 14.2 Å². The lowest BCUT2D eigenvalue weighted by molar-refractivity contribution is -0.167. The number of carbonyl (C=O) groups excluding carboxylic acids is 3. The molecule has 0 amide bonds. The van der Waals surface area contributed by atoms with Crippen LogP contribution in [0.1, 0.15) is 419 Å². The molecule has 1 unspecified atom stereocenters. The molecular formula is C75H142O6. The van der Waals surface area contributed by atoms with Crippen molar-refractivity contribution in [3.05, 3.63) is 24.3 Å². The Morgan fingerprint density at radius 1 is 0.235 bits per heavy atom. The first-order valence-electron chi connectivity index (χ1n) is 36.8. The highest BCUT2D eigenvalue weighted by Crippen LogP contribution is 2.19. The fourth-order valence-electron chi connectivity index (χ4n) is 11.4. The molecule has 0 N–H and O–H groups in total. The second kappa shape index (κ2) is 70.4. The molecule has 1 atom stereocenters. The Kier molecular flexibility index (Phi) is 68.5. The number of hydrogen-bond acceptors (Lipinski definition) is 6. The summed E-state index contributed by atoms with van der Waals surface area (Å²) in [5.41, 5.74) is 0. The highest BCUT2D eigenvalue weighted by Gasteiger charge is 2.20. The Labute approximate surface area is 506 Å². The van der Waals surface area contributed by atoms with Crippen LogP contribution in [0.25, 0.3) is 0 Å². The van der Waals surface area contributed by atoms with Crippen LogP contribution in [0.4, 0.5) is 0 Å². The molecule has 6 heteroatoms. The molecule has 478 valence electrons. The highest BCUT2D eigenvalue weighted by atomic mass is 16.6. The average Bonchev–Trinajstić information content (AvgIpc) is 3.47. The van der Waals surface area contributed by atoms with E-state index >= 15 is 0 Å². The van der Waals surface area contributed by atoms with Crippen LogP contribution in [0.15, 0.2) is 24.3 Å². The lowest BCUT2D eigenvalue weighted by atomic mass is 10.0. The molecule has 0 spiro atoms. The summed E-state index contributed by atoms with van der Waals surface area (Å²) in [4.78, 5) is 38.5. The smallest absolute Gasteiger partial charge is 0.306 e. The molecule has 0 aliphatic rings. The largest absolute Gasteiger partial charge is 0.462 e. The number of hydrogen-bond donors (Lipinski definition) is 0. The van der Waals surface area contributed by atoms with Crippen molar-refractivity contribution in [2.45, 2.75) is 425 Å². The van der Waals surface area contributed by atoms with E-state index in [9.17, 15) is 14.4 Å². The summed E-state index contributed by atoms with van der Waals surface area (Å²) in [7, 11) is 0. The van der Waals surface area contributed by atoms with Crippen LogP contribution in [-0.4, -0.2) is 37.2 Å².